The molecule has 1 fully saturated rings. The topological polar surface area (TPSA) is 38.5 Å². The van der Waals surface area contributed by atoms with Crippen molar-refractivity contribution in [3.05, 3.63) is 29.8 Å². The molecular weight excluding hydrogens is 260 g/mol. The Bertz CT molecular complexity index is 443. The van der Waals surface area contributed by atoms with E-state index in [1.165, 1.54) is 18.4 Å². The fourth-order valence-electron chi connectivity index (χ4n) is 2.98. The van der Waals surface area contributed by atoms with E-state index in [0.29, 0.717) is 6.04 Å². The summed E-state index contributed by atoms with van der Waals surface area (Å²) >= 11 is 0. The minimum absolute atomic E-state index is 0.151. The molecule has 1 aromatic carbocycles. The van der Waals surface area contributed by atoms with Gasteiger partial charge in [0.1, 0.15) is 5.75 Å². The van der Waals surface area contributed by atoms with Gasteiger partial charge >= 0.3 is 0 Å². The molecule has 3 heteroatoms. The van der Waals surface area contributed by atoms with Crippen molar-refractivity contribution in [2.45, 2.75) is 58.2 Å². The number of methoxy groups -OCH3 is 1. The summed E-state index contributed by atoms with van der Waals surface area (Å²) in [5.74, 6) is 1.78. The maximum Gasteiger partial charge on any atom is 0.119 e. The quantitative estimate of drug-likeness (QED) is 0.795. The highest BCUT2D eigenvalue weighted by molar-refractivity contribution is 5.31. The van der Waals surface area contributed by atoms with Crippen LogP contribution in [0.4, 0.5) is 0 Å². The van der Waals surface area contributed by atoms with Crippen LogP contribution in [0.3, 0.4) is 0 Å². The van der Waals surface area contributed by atoms with Crippen molar-refractivity contribution in [1.82, 2.24) is 4.90 Å². The first-order valence-electron chi connectivity index (χ1n) is 8.22. The van der Waals surface area contributed by atoms with Crippen molar-refractivity contribution in [3.8, 4) is 5.75 Å². The summed E-state index contributed by atoms with van der Waals surface area (Å²) in [6.45, 7) is 7.89. The molecule has 1 aliphatic carbocycles. The zero-order valence-electron chi connectivity index (χ0n) is 13.9. The normalized spacial score (nSPS) is 18.0. The van der Waals surface area contributed by atoms with Gasteiger partial charge in [-0.2, -0.15) is 0 Å². The lowest BCUT2D eigenvalue weighted by Crippen LogP contribution is -2.45. The van der Waals surface area contributed by atoms with Gasteiger partial charge in [0, 0.05) is 18.6 Å². The number of ether oxygens (including phenoxy) is 1. The highest BCUT2D eigenvalue weighted by Crippen LogP contribution is 2.36. The van der Waals surface area contributed by atoms with E-state index in [1.807, 2.05) is 6.07 Å². The maximum absolute atomic E-state index is 6.49. The molecule has 0 saturated heterocycles. The molecule has 0 aromatic heterocycles. The van der Waals surface area contributed by atoms with E-state index in [1.54, 1.807) is 7.11 Å². The van der Waals surface area contributed by atoms with Crippen LogP contribution in [0.5, 0.6) is 5.75 Å². The van der Waals surface area contributed by atoms with Crippen LogP contribution in [0.25, 0.3) is 0 Å². The Morgan fingerprint density at radius 2 is 2.05 bits per heavy atom. The van der Waals surface area contributed by atoms with E-state index in [-0.39, 0.29) is 12.1 Å². The largest absolute Gasteiger partial charge is 0.497 e. The van der Waals surface area contributed by atoms with Gasteiger partial charge in [0.2, 0.25) is 0 Å². The minimum atomic E-state index is 0.151. The van der Waals surface area contributed by atoms with Crippen LogP contribution in [0.15, 0.2) is 24.3 Å². The third kappa shape index (κ3) is 4.21. The molecule has 2 atom stereocenters. The first-order chi connectivity index (χ1) is 10.1. The van der Waals surface area contributed by atoms with Crippen LogP contribution in [-0.4, -0.2) is 30.6 Å². The van der Waals surface area contributed by atoms with Gasteiger partial charge in [-0.1, -0.05) is 19.1 Å². The first kappa shape index (κ1) is 16.3. The molecular formula is C18H30N2O. The molecule has 3 nitrogen and oxygen atoms in total. The molecule has 0 spiro atoms. The van der Waals surface area contributed by atoms with Crippen LogP contribution in [0.2, 0.25) is 0 Å². The lowest BCUT2D eigenvalue weighted by atomic mass is 9.94. The second-order valence-electron chi connectivity index (χ2n) is 6.53. The summed E-state index contributed by atoms with van der Waals surface area (Å²) < 4.78 is 5.39. The number of benzene rings is 1. The molecule has 0 amide bonds. The zero-order chi connectivity index (χ0) is 15.4. The molecule has 0 aliphatic heterocycles. The summed E-state index contributed by atoms with van der Waals surface area (Å²) in [6, 6.07) is 9.31. The van der Waals surface area contributed by atoms with E-state index in [2.05, 4.69) is 43.9 Å². The summed E-state index contributed by atoms with van der Waals surface area (Å²) in [7, 11) is 1.72. The van der Waals surface area contributed by atoms with E-state index >= 15 is 0 Å². The summed E-state index contributed by atoms with van der Waals surface area (Å²) in [5, 5.41) is 0. The summed E-state index contributed by atoms with van der Waals surface area (Å²) in [6.07, 6.45) is 3.72. The molecule has 2 unspecified atom stereocenters. The fraction of sp³-hybridized carbons (Fsp3) is 0.667. The van der Waals surface area contributed by atoms with Gasteiger partial charge < -0.3 is 10.5 Å². The van der Waals surface area contributed by atoms with Crippen molar-refractivity contribution >= 4 is 0 Å². The third-order valence-corrected chi connectivity index (χ3v) is 4.50. The Hall–Kier alpha value is -1.06. The van der Waals surface area contributed by atoms with Crippen LogP contribution in [0.1, 0.15) is 51.6 Å². The number of rotatable bonds is 8. The fourth-order valence-corrected chi connectivity index (χ4v) is 2.98. The molecule has 0 heterocycles. The molecule has 2 N–H and O–H groups in total. The van der Waals surface area contributed by atoms with Crippen molar-refractivity contribution in [2.24, 2.45) is 11.7 Å². The van der Waals surface area contributed by atoms with E-state index in [0.717, 1.165) is 24.6 Å². The Kier molecular flexibility index (Phi) is 5.65. The zero-order valence-corrected chi connectivity index (χ0v) is 13.9. The van der Waals surface area contributed by atoms with E-state index in [9.17, 15) is 0 Å². The second kappa shape index (κ2) is 7.28. The molecule has 118 valence electrons. The number of nitrogens with zero attached hydrogens (tertiary/aromatic N) is 1. The molecule has 0 bridgehead atoms. The Morgan fingerprint density at radius 3 is 2.57 bits per heavy atom. The highest BCUT2D eigenvalue weighted by atomic mass is 16.5. The molecule has 0 radical (unpaired) electrons. The molecule has 2 rings (SSSR count). The van der Waals surface area contributed by atoms with Gasteiger partial charge in [-0.3, -0.25) is 4.90 Å². The maximum atomic E-state index is 6.49. The van der Waals surface area contributed by atoms with Crippen LogP contribution in [0, 0.1) is 5.92 Å². The van der Waals surface area contributed by atoms with Crippen molar-refractivity contribution < 1.29 is 4.74 Å². The average molecular weight is 290 g/mol. The summed E-state index contributed by atoms with van der Waals surface area (Å²) in [5.41, 5.74) is 7.77. The van der Waals surface area contributed by atoms with Crippen LogP contribution >= 0.6 is 0 Å². The lowest BCUT2D eigenvalue weighted by Gasteiger charge is -2.38. The molecule has 1 saturated carbocycles. The predicted octanol–water partition coefficient (Wildman–Crippen LogP) is 3.59. The monoisotopic (exact) mass is 290 g/mol. The first-order valence-corrected chi connectivity index (χ1v) is 8.22. The Balaban J connectivity index is 2.30. The van der Waals surface area contributed by atoms with E-state index in [4.69, 9.17) is 10.5 Å². The van der Waals surface area contributed by atoms with Gasteiger partial charge in [0.25, 0.3) is 0 Å². The Labute approximate surface area is 129 Å². The lowest BCUT2D eigenvalue weighted by molar-refractivity contribution is 0.123. The van der Waals surface area contributed by atoms with Crippen molar-refractivity contribution in [1.29, 1.82) is 0 Å². The van der Waals surface area contributed by atoms with Gasteiger partial charge in [0.05, 0.1) is 13.2 Å². The van der Waals surface area contributed by atoms with Crippen molar-refractivity contribution in [2.75, 3.05) is 13.7 Å². The third-order valence-electron chi connectivity index (χ3n) is 4.50. The highest BCUT2D eigenvalue weighted by Gasteiger charge is 2.33. The van der Waals surface area contributed by atoms with Gasteiger partial charge in [-0.25, -0.2) is 0 Å². The summed E-state index contributed by atoms with van der Waals surface area (Å²) in [4.78, 5) is 2.58. The molecule has 1 aromatic rings. The van der Waals surface area contributed by atoms with Crippen molar-refractivity contribution in [3.63, 3.8) is 0 Å². The predicted molar refractivity (Wildman–Crippen MR) is 88.6 cm³/mol. The average Bonchev–Trinajstić information content (AvgIpc) is 3.30. The SMILES string of the molecule is CCC(N)C(c1cccc(OC)c1)N(CC1CC1)C(C)C. The second-order valence-corrected chi connectivity index (χ2v) is 6.53. The standard InChI is InChI=1S/C18H30N2O/c1-5-17(19)18(15-7-6-8-16(11-15)21-4)20(13(2)3)12-14-9-10-14/h6-8,11,13-14,17-18H,5,9-10,12,19H2,1-4H3. The number of hydrogen-bond acceptors (Lipinski definition) is 3. The van der Waals surface area contributed by atoms with Gasteiger partial charge in [0.15, 0.2) is 0 Å². The Morgan fingerprint density at radius 1 is 1.33 bits per heavy atom. The number of hydrogen-bond donors (Lipinski definition) is 1. The van der Waals surface area contributed by atoms with Gasteiger partial charge in [-0.05, 0) is 56.7 Å². The molecule has 21 heavy (non-hydrogen) atoms. The van der Waals surface area contributed by atoms with Crippen LogP contribution < -0.4 is 10.5 Å². The molecule has 1 aliphatic rings. The van der Waals surface area contributed by atoms with Gasteiger partial charge in [-0.15, -0.1) is 0 Å². The van der Waals surface area contributed by atoms with E-state index < -0.39 is 0 Å². The number of nitrogens with two attached hydrogens (primary N) is 1. The van der Waals surface area contributed by atoms with Crippen LogP contribution in [-0.2, 0) is 0 Å². The smallest absolute Gasteiger partial charge is 0.119 e. The minimum Gasteiger partial charge on any atom is -0.497 e.